The number of amides is 1. The minimum absolute atomic E-state index is 0.177. The fraction of sp³-hybridized carbons (Fsp3) is 0.238. The molecule has 0 N–H and O–H groups in total. The van der Waals surface area contributed by atoms with Gasteiger partial charge in [-0.05, 0) is 50.2 Å². The first-order valence-corrected chi connectivity index (χ1v) is 8.80. The van der Waals surface area contributed by atoms with Crippen molar-refractivity contribution in [2.45, 2.75) is 20.0 Å². The van der Waals surface area contributed by atoms with Gasteiger partial charge in [-0.25, -0.2) is 9.78 Å². The molecule has 1 aromatic heterocycles. The molecule has 1 atom stereocenters. The van der Waals surface area contributed by atoms with Crippen LogP contribution in [0.25, 0.3) is 16.6 Å². The lowest BCUT2D eigenvalue weighted by Gasteiger charge is -2.17. The zero-order valence-corrected chi connectivity index (χ0v) is 16.2. The Kier molecular flexibility index (Phi) is 5.26. The molecule has 0 spiro atoms. The highest BCUT2D eigenvalue weighted by atomic mass is 16.5. The van der Waals surface area contributed by atoms with Crippen LogP contribution in [0.3, 0.4) is 0 Å². The number of para-hydroxylation sites is 1. The van der Waals surface area contributed by atoms with Gasteiger partial charge in [0, 0.05) is 14.1 Å². The average molecular weight is 379 g/mol. The van der Waals surface area contributed by atoms with Crippen LogP contribution in [0.2, 0.25) is 0 Å². The molecule has 1 amide bonds. The highest BCUT2D eigenvalue weighted by molar-refractivity contribution is 5.92. The molecule has 0 saturated heterocycles. The third-order valence-corrected chi connectivity index (χ3v) is 4.38. The number of esters is 1. The summed E-state index contributed by atoms with van der Waals surface area (Å²) in [4.78, 5) is 42.8. The molecule has 2 aromatic carbocycles. The lowest BCUT2D eigenvalue weighted by Crippen LogP contribution is -2.34. The fourth-order valence-electron chi connectivity index (χ4n) is 2.94. The third kappa shape index (κ3) is 3.64. The van der Waals surface area contributed by atoms with E-state index in [9.17, 15) is 14.4 Å². The summed E-state index contributed by atoms with van der Waals surface area (Å²) in [5.74, 6) is -0.353. The number of fused-ring (bicyclic) bond motifs is 1. The monoisotopic (exact) mass is 379 g/mol. The summed E-state index contributed by atoms with van der Waals surface area (Å²) in [5, 5.41) is 0.521. The third-order valence-electron chi connectivity index (χ3n) is 4.38. The zero-order chi connectivity index (χ0) is 20.4. The summed E-state index contributed by atoms with van der Waals surface area (Å²) in [6, 6.07) is 13.6. The van der Waals surface area contributed by atoms with Gasteiger partial charge in [-0.2, -0.15) is 0 Å². The highest BCUT2D eigenvalue weighted by Gasteiger charge is 2.20. The highest BCUT2D eigenvalue weighted by Crippen LogP contribution is 2.14. The first kappa shape index (κ1) is 19.3. The maximum absolute atomic E-state index is 12.8. The second kappa shape index (κ2) is 7.64. The van der Waals surface area contributed by atoms with Crippen LogP contribution in [0.1, 0.15) is 23.1 Å². The molecule has 144 valence electrons. The van der Waals surface area contributed by atoms with Gasteiger partial charge >= 0.3 is 5.97 Å². The number of hydrogen-bond donors (Lipinski definition) is 0. The van der Waals surface area contributed by atoms with Gasteiger partial charge in [0.2, 0.25) is 0 Å². The lowest BCUT2D eigenvalue weighted by molar-refractivity contribution is -0.137. The predicted octanol–water partition coefficient (Wildman–Crippen LogP) is 2.33. The van der Waals surface area contributed by atoms with E-state index in [4.69, 9.17) is 4.74 Å². The molecule has 7 nitrogen and oxygen atoms in total. The summed E-state index contributed by atoms with van der Waals surface area (Å²) < 4.78 is 6.69. The van der Waals surface area contributed by atoms with Crippen molar-refractivity contribution in [3.63, 3.8) is 0 Å². The van der Waals surface area contributed by atoms with Crippen molar-refractivity contribution in [3.05, 3.63) is 70.3 Å². The first-order chi connectivity index (χ1) is 13.3. The Balaban J connectivity index is 1.89. The second-order valence-corrected chi connectivity index (χ2v) is 6.64. The number of ether oxygens (including phenoxy) is 1. The molecule has 28 heavy (non-hydrogen) atoms. The van der Waals surface area contributed by atoms with Crippen LogP contribution in [0, 0.1) is 6.92 Å². The van der Waals surface area contributed by atoms with Crippen molar-refractivity contribution in [1.29, 1.82) is 0 Å². The van der Waals surface area contributed by atoms with Crippen LogP contribution in [0.4, 0.5) is 0 Å². The fourth-order valence-corrected chi connectivity index (χ4v) is 2.94. The van der Waals surface area contributed by atoms with Gasteiger partial charge in [0.1, 0.15) is 5.82 Å². The zero-order valence-electron chi connectivity index (χ0n) is 16.2. The molecular weight excluding hydrogens is 358 g/mol. The molecule has 1 heterocycles. The quantitative estimate of drug-likeness (QED) is 0.650. The number of benzene rings is 2. The Morgan fingerprint density at radius 2 is 1.71 bits per heavy atom. The summed E-state index contributed by atoms with van der Waals surface area (Å²) in [6.45, 7) is 3.28. The van der Waals surface area contributed by atoms with Crippen LogP contribution in [-0.4, -0.2) is 46.5 Å². The van der Waals surface area contributed by atoms with Gasteiger partial charge in [-0.15, -0.1) is 0 Å². The molecule has 0 aliphatic carbocycles. The number of likely N-dealkylation sites (N-methyl/N-ethyl adjacent to an activating group) is 1. The molecule has 0 radical (unpaired) electrons. The molecule has 0 aliphatic rings. The van der Waals surface area contributed by atoms with Gasteiger partial charge in [0.15, 0.2) is 6.10 Å². The smallest absolute Gasteiger partial charge is 0.338 e. The predicted molar refractivity (Wildman–Crippen MR) is 106 cm³/mol. The Morgan fingerprint density at radius 3 is 2.36 bits per heavy atom. The van der Waals surface area contributed by atoms with Crippen molar-refractivity contribution in [1.82, 2.24) is 14.5 Å². The van der Waals surface area contributed by atoms with E-state index in [1.807, 2.05) is 6.07 Å². The molecular formula is C21H21N3O4. The average Bonchev–Trinajstić information content (AvgIpc) is 2.67. The van der Waals surface area contributed by atoms with E-state index in [0.29, 0.717) is 28.0 Å². The van der Waals surface area contributed by atoms with E-state index >= 15 is 0 Å². The number of hydrogen-bond acceptors (Lipinski definition) is 5. The van der Waals surface area contributed by atoms with Gasteiger partial charge < -0.3 is 9.64 Å². The largest absolute Gasteiger partial charge is 0.449 e. The van der Waals surface area contributed by atoms with Gasteiger partial charge in [-0.1, -0.05) is 12.1 Å². The van der Waals surface area contributed by atoms with Crippen molar-refractivity contribution in [3.8, 4) is 5.69 Å². The van der Waals surface area contributed by atoms with E-state index in [-0.39, 0.29) is 11.5 Å². The molecule has 0 aliphatic heterocycles. The van der Waals surface area contributed by atoms with Crippen LogP contribution >= 0.6 is 0 Å². The minimum Gasteiger partial charge on any atom is -0.449 e. The number of aromatic nitrogens is 2. The number of aryl methyl sites for hydroxylation is 1. The van der Waals surface area contributed by atoms with E-state index in [1.165, 1.54) is 16.4 Å². The molecule has 7 heteroatoms. The summed E-state index contributed by atoms with van der Waals surface area (Å²) in [5.41, 5.74) is 1.35. The minimum atomic E-state index is -0.878. The standard InChI is InChI=1S/C21H21N3O4/c1-13(19(25)23(3)4)28-21(27)15-9-11-16(12-10-15)24-14(2)22-18-8-6-5-7-17(18)20(24)26/h5-13H,1-4H3/t13-/m1/s1. The number of rotatable bonds is 4. The maximum Gasteiger partial charge on any atom is 0.338 e. The van der Waals surface area contributed by atoms with E-state index in [2.05, 4.69) is 4.98 Å². The second-order valence-electron chi connectivity index (χ2n) is 6.64. The Labute approximate surface area is 162 Å². The first-order valence-electron chi connectivity index (χ1n) is 8.80. The van der Waals surface area contributed by atoms with Crippen molar-refractivity contribution in [2.24, 2.45) is 0 Å². The lowest BCUT2D eigenvalue weighted by atomic mass is 10.2. The van der Waals surface area contributed by atoms with Gasteiger partial charge in [0.05, 0.1) is 22.2 Å². The van der Waals surface area contributed by atoms with Gasteiger partial charge in [-0.3, -0.25) is 14.2 Å². The van der Waals surface area contributed by atoms with Crippen molar-refractivity contribution >= 4 is 22.8 Å². The molecule has 0 fully saturated rings. The number of carbonyl (C=O) groups is 2. The maximum atomic E-state index is 12.8. The van der Waals surface area contributed by atoms with Crippen molar-refractivity contribution in [2.75, 3.05) is 14.1 Å². The van der Waals surface area contributed by atoms with Crippen LogP contribution in [0.15, 0.2) is 53.3 Å². The van der Waals surface area contributed by atoms with Crippen LogP contribution in [0.5, 0.6) is 0 Å². The summed E-state index contributed by atoms with van der Waals surface area (Å²) in [6.07, 6.45) is -0.878. The number of nitrogens with zero attached hydrogens (tertiary/aromatic N) is 3. The molecule has 0 bridgehead atoms. The molecule has 3 aromatic rings. The van der Waals surface area contributed by atoms with E-state index in [1.54, 1.807) is 63.5 Å². The summed E-state index contributed by atoms with van der Waals surface area (Å²) in [7, 11) is 3.19. The van der Waals surface area contributed by atoms with Crippen LogP contribution < -0.4 is 5.56 Å². The van der Waals surface area contributed by atoms with Crippen molar-refractivity contribution < 1.29 is 14.3 Å². The van der Waals surface area contributed by atoms with E-state index in [0.717, 1.165) is 0 Å². The Morgan fingerprint density at radius 1 is 1.07 bits per heavy atom. The summed E-state index contributed by atoms with van der Waals surface area (Å²) >= 11 is 0. The molecule has 3 rings (SSSR count). The number of carbonyl (C=O) groups excluding carboxylic acids is 2. The Bertz CT molecular complexity index is 1100. The SMILES string of the molecule is Cc1nc2ccccc2c(=O)n1-c1ccc(C(=O)O[C@H](C)C(=O)N(C)C)cc1. The molecule has 0 unspecified atom stereocenters. The normalized spacial score (nSPS) is 11.9. The van der Waals surface area contributed by atoms with Crippen LogP contribution in [-0.2, 0) is 9.53 Å². The van der Waals surface area contributed by atoms with E-state index < -0.39 is 12.1 Å². The van der Waals surface area contributed by atoms with Gasteiger partial charge in [0.25, 0.3) is 11.5 Å². The molecule has 0 saturated carbocycles. The Hall–Kier alpha value is -3.48. The topological polar surface area (TPSA) is 81.5 Å².